The van der Waals surface area contributed by atoms with Gasteiger partial charge in [0.2, 0.25) is 0 Å². The summed E-state index contributed by atoms with van der Waals surface area (Å²) in [5, 5.41) is 15.1. The molecular weight excluding hydrogens is 366 g/mol. The highest BCUT2D eigenvalue weighted by Crippen LogP contribution is 2.36. The number of rotatable bonds is 4. The maximum Gasteiger partial charge on any atom is 0.336 e. The third kappa shape index (κ3) is 2.95. The molecular formula is C23H17N3O3. The molecule has 2 heterocycles. The highest BCUT2D eigenvalue weighted by atomic mass is 16.5. The second-order valence-electron chi connectivity index (χ2n) is 6.94. The Morgan fingerprint density at radius 1 is 1.10 bits per heavy atom. The number of pyridine rings is 1. The zero-order valence-electron chi connectivity index (χ0n) is 15.7. The third-order valence-electron chi connectivity index (χ3n) is 5.09. The molecule has 6 nitrogen and oxygen atoms in total. The molecule has 142 valence electrons. The quantitative estimate of drug-likeness (QED) is 0.559. The minimum Gasteiger partial charge on any atom is -0.478 e. The molecule has 0 unspecified atom stereocenters. The van der Waals surface area contributed by atoms with Crippen LogP contribution in [0.3, 0.4) is 0 Å². The number of carboxylic acid groups (broad SMARTS) is 1. The van der Waals surface area contributed by atoms with Crippen LogP contribution in [0.4, 0.5) is 0 Å². The van der Waals surface area contributed by atoms with Gasteiger partial charge in [-0.2, -0.15) is 5.10 Å². The molecule has 29 heavy (non-hydrogen) atoms. The fraction of sp³-hybridized carbons (Fsp3) is 0.0870. The van der Waals surface area contributed by atoms with E-state index >= 15 is 0 Å². The number of aryl methyl sites for hydroxylation is 1. The second kappa shape index (κ2) is 6.60. The summed E-state index contributed by atoms with van der Waals surface area (Å²) in [6.45, 7) is 0. The van der Waals surface area contributed by atoms with Crippen molar-refractivity contribution in [3.05, 3.63) is 83.3 Å². The molecule has 0 atom stereocenters. The summed E-state index contributed by atoms with van der Waals surface area (Å²) in [5.41, 5.74) is 4.53. The Labute approximate surface area is 166 Å². The summed E-state index contributed by atoms with van der Waals surface area (Å²) in [4.78, 5) is 15.9. The first-order valence-electron chi connectivity index (χ1n) is 9.22. The van der Waals surface area contributed by atoms with Gasteiger partial charge in [-0.25, -0.2) is 4.79 Å². The van der Waals surface area contributed by atoms with Crippen LogP contribution < -0.4 is 4.74 Å². The highest BCUT2D eigenvalue weighted by Gasteiger charge is 2.24. The van der Waals surface area contributed by atoms with Gasteiger partial charge in [0.25, 0.3) is 0 Å². The van der Waals surface area contributed by atoms with E-state index in [-0.39, 0.29) is 0 Å². The minimum atomic E-state index is -0.934. The van der Waals surface area contributed by atoms with Crippen molar-refractivity contribution in [2.75, 3.05) is 0 Å². The molecule has 5 rings (SSSR count). The van der Waals surface area contributed by atoms with Crippen LogP contribution in [0.1, 0.15) is 27.3 Å². The lowest BCUT2D eigenvalue weighted by atomic mass is 10.0. The van der Waals surface area contributed by atoms with Gasteiger partial charge in [0, 0.05) is 31.1 Å². The number of allylic oxidation sites excluding steroid dienone is 1. The summed E-state index contributed by atoms with van der Waals surface area (Å²) < 4.78 is 7.74. The standard InChI is InChI=1S/C23H17N3O3/c1-26-22(14-11-19-17(23(27)28)9-10-24-20(19)12-14)18-8-7-16(13-21(18)25-26)29-15-5-3-2-4-6-15/h2-10,12-13H,11H2,1H3,(H,27,28). The molecule has 1 N–H and O–H groups in total. The lowest BCUT2D eigenvalue weighted by Gasteiger charge is -2.06. The molecule has 2 aromatic carbocycles. The van der Waals surface area contributed by atoms with Crippen molar-refractivity contribution in [1.29, 1.82) is 0 Å². The van der Waals surface area contributed by atoms with Crippen LogP contribution in [-0.2, 0) is 13.5 Å². The molecule has 0 saturated heterocycles. The SMILES string of the molecule is Cn1nc2cc(Oc3ccccc3)ccc2c1C1=Cc2nccc(C(=O)O)c2C1. The predicted molar refractivity (Wildman–Crippen MR) is 110 cm³/mol. The Morgan fingerprint density at radius 2 is 1.93 bits per heavy atom. The number of hydrogen-bond donors (Lipinski definition) is 1. The Balaban J connectivity index is 1.52. The smallest absolute Gasteiger partial charge is 0.336 e. The number of carboxylic acids is 1. The van der Waals surface area contributed by atoms with Crippen molar-refractivity contribution < 1.29 is 14.6 Å². The van der Waals surface area contributed by atoms with Crippen LogP contribution in [-0.4, -0.2) is 25.8 Å². The molecule has 0 radical (unpaired) electrons. The van der Waals surface area contributed by atoms with Gasteiger partial charge >= 0.3 is 5.97 Å². The van der Waals surface area contributed by atoms with Gasteiger partial charge in [0.05, 0.1) is 22.5 Å². The summed E-state index contributed by atoms with van der Waals surface area (Å²) in [6, 6.07) is 17.0. The van der Waals surface area contributed by atoms with E-state index in [1.165, 1.54) is 6.20 Å². The predicted octanol–water partition coefficient (Wildman–Crippen LogP) is 4.56. The van der Waals surface area contributed by atoms with Gasteiger partial charge in [0.15, 0.2) is 0 Å². The molecule has 1 aliphatic rings. The van der Waals surface area contributed by atoms with Crippen LogP contribution in [0.25, 0.3) is 22.6 Å². The number of benzene rings is 2. The number of nitrogens with zero attached hydrogens (tertiary/aromatic N) is 3. The van der Waals surface area contributed by atoms with Gasteiger partial charge in [-0.15, -0.1) is 0 Å². The van der Waals surface area contributed by atoms with E-state index in [0.29, 0.717) is 23.4 Å². The van der Waals surface area contributed by atoms with Gasteiger partial charge < -0.3 is 9.84 Å². The summed E-state index contributed by atoms with van der Waals surface area (Å²) >= 11 is 0. The molecule has 0 spiro atoms. The Hall–Kier alpha value is -3.93. The van der Waals surface area contributed by atoms with E-state index in [1.807, 2.05) is 66.3 Å². The monoisotopic (exact) mass is 383 g/mol. The van der Waals surface area contributed by atoms with E-state index in [0.717, 1.165) is 33.5 Å². The Bertz CT molecular complexity index is 1290. The first kappa shape index (κ1) is 17.2. The van der Waals surface area contributed by atoms with E-state index in [2.05, 4.69) is 10.1 Å². The van der Waals surface area contributed by atoms with Crippen molar-refractivity contribution in [1.82, 2.24) is 14.8 Å². The maximum absolute atomic E-state index is 11.5. The number of fused-ring (bicyclic) bond motifs is 2. The largest absolute Gasteiger partial charge is 0.478 e. The molecule has 0 amide bonds. The molecule has 6 heteroatoms. The van der Waals surface area contributed by atoms with E-state index in [4.69, 9.17) is 4.74 Å². The summed E-state index contributed by atoms with van der Waals surface area (Å²) in [5.74, 6) is 0.548. The minimum absolute atomic E-state index is 0.297. The number of hydrogen-bond acceptors (Lipinski definition) is 4. The van der Waals surface area contributed by atoms with E-state index in [9.17, 15) is 9.90 Å². The Morgan fingerprint density at radius 3 is 2.72 bits per heavy atom. The molecule has 2 aromatic heterocycles. The average Bonchev–Trinajstić information content (AvgIpc) is 3.27. The normalized spacial score (nSPS) is 12.7. The number of carbonyl (C=O) groups is 1. The fourth-order valence-electron chi connectivity index (χ4n) is 3.83. The zero-order chi connectivity index (χ0) is 20.0. The van der Waals surface area contributed by atoms with Crippen molar-refractivity contribution in [2.24, 2.45) is 7.05 Å². The van der Waals surface area contributed by atoms with Gasteiger partial charge in [-0.05, 0) is 47.5 Å². The zero-order valence-corrected chi connectivity index (χ0v) is 15.7. The van der Waals surface area contributed by atoms with Crippen LogP contribution in [0.2, 0.25) is 0 Å². The Kier molecular flexibility index (Phi) is 3.91. The number of para-hydroxylation sites is 1. The number of ether oxygens (including phenoxy) is 1. The van der Waals surface area contributed by atoms with E-state index < -0.39 is 5.97 Å². The van der Waals surface area contributed by atoms with Gasteiger partial charge in [-0.3, -0.25) is 9.67 Å². The van der Waals surface area contributed by atoms with Gasteiger partial charge in [0.1, 0.15) is 11.5 Å². The van der Waals surface area contributed by atoms with Crippen LogP contribution in [0.15, 0.2) is 60.8 Å². The topological polar surface area (TPSA) is 77.2 Å². The molecule has 0 saturated carbocycles. The van der Waals surface area contributed by atoms with Crippen molar-refractivity contribution in [2.45, 2.75) is 6.42 Å². The van der Waals surface area contributed by atoms with Crippen molar-refractivity contribution >= 4 is 28.5 Å². The fourth-order valence-corrected chi connectivity index (χ4v) is 3.83. The van der Waals surface area contributed by atoms with Crippen molar-refractivity contribution in [3.63, 3.8) is 0 Å². The van der Waals surface area contributed by atoms with Crippen LogP contribution in [0, 0.1) is 0 Å². The molecule has 0 fully saturated rings. The molecule has 0 aliphatic heterocycles. The lowest BCUT2D eigenvalue weighted by molar-refractivity contribution is 0.0695. The van der Waals surface area contributed by atoms with Crippen LogP contribution in [0.5, 0.6) is 11.5 Å². The highest BCUT2D eigenvalue weighted by molar-refractivity contribution is 6.00. The third-order valence-corrected chi connectivity index (χ3v) is 5.09. The van der Waals surface area contributed by atoms with Gasteiger partial charge in [-0.1, -0.05) is 18.2 Å². The average molecular weight is 383 g/mol. The molecule has 0 bridgehead atoms. The van der Waals surface area contributed by atoms with Crippen molar-refractivity contribution in [3.8, 4) is 11.5 Å². The van der Waals surface area contributed by atoms with Crippen LogP contribution >= 0.6 is 0 Å². The summed E-state index contributed by atoms with van der Waals surface area (Å²) in [7, 11) is 1.89. The number of aromatic carboxylic acids is 1. The van der Waals surface area contributed by atoms with E-state index in [1.54, 1.807) is 6.07 Å². The first-order valence-corrected chi connectivity index (χ1v) is 9.22. The number of aromatic nitrogens is 3. The molecule has 1 aliphatic carbocycles. The lowest BCUT2D eigenvalue weighted by Crippen LogP contribution is -2.04. The first-order chi connectivity index (χ1) is 14.1. The second-order valence-corrected chi connectivity index (χ2v) is 6.94. The summed E-state index contributed by atoms with van der Waals surface area (Å²) in [6.07, 6.45) is 4.00. The molecule has 4 aromatic rings. The maximum atomic E-state index is 11.5.